The molecule has 1 aliphatic rings. The zero-order valence-electron chi connectivity index (χ0n) is 12.7. The number of anilines is 1. The number of rotatable bonds is 3. The summed E-state index contributed by atoms with van der Waals surface area (Å²) in [5.41, 5.74) is 0.0363. The number of hydrogen-bond donors (Lipinski definition) is 1. The van der Waals surface area contributed by atoms with Gasteiger partial charge in [0.2, 0.25) is 5.95 Å². The van der Waals surface area contributed by atoms with E-state index in [1.165, 1.54) is 11.6 Å². The Labute approximate surface area is 131 Å². The van der Waals surface area contributed by atoms with Crippen molar-refractivity contribution in [1.82, 2.24) is 24.0 Å². The molecule has 22 heavy (non-hydrogen) atoms. The zero-order chi connectivity index (χ0) is 15.9. The second kappa shape index (κ2) is 5.77. The van der Waals surface area contributed by atoms with E-state index in [4.69, 9.17) is 11.6 Å². The molecule has 0 aromatic carbocycles. The number of hydrogen-bond acceptors (Lipinski definition) is 5. The number of alkyl halides is 1. The molecule has 0 spiro atoms. The summed E-state index contributed by atoms with van der Waals surface area (Å²) in [6, 6.07) is 0. The Morgan fingerprint density at radius 1 is 1.14 bits per heavy atom. The number of aromatic nitrogens is 4. The fourth-order valence-electron chi connectivity index (χ4n) is 2.77. The largest absolute Gasteiger partial charge is 0.340 e. The lowest BCUT2D eigenvalue weighted by Crippen LogP contribution is -2.47. The molecule has 0 aliphatic carbocycles. The number of imidazole rings is 1. The van der Waals surface area contributed by atoms with Crippen LogP contribution in [0.2, 0.25) is 0 Å². The molecule has 1 N–H and O–H groups in total. The van der Waals surface area contributed by atoms with Gasteiger partial charge in [-0.3, -0.25) is 18.8 Å². The lowest BCUT2D eigenvalue weighted by Gasteiger charge is -2.34. The quantitative estimate of drug-likeness (QED) is 0.756. The van der Waals surface area contributed by atoms with Crippen LogP contribution in [0.25, 0.3) is 11.2 Å². The molecule has 8 nitrogen and oxygen atoms in total. The van der Waals surface area contributed by atoms with Crippen LogP contribution < -0.4 is 16.1 Å². The van der Waals surface area contributed by atoms with Crippen molar-refractivity contribution in [2.45, 2.75) is 0 Å². The number of fused-ring (bicyclic) bond motifs is 1. The molecule has 1 saturated heterocycles. The minimum Gasteiger partial charge on any atom is -0.340 e. The number of nitrogens with one attached hydrogen (secondary N) is 1. The van der Waals surface area contributed by atoms with E-state index in [0.29, 0.717) is 23.0 Å². The van der Waals surface area contributed by atoms with Crippen molar-refractivity contribution >= 4 is 28.7 Å². The van der Waals surface area contributed by atoms with E-state index in [2.05, 4.69) is 19.8 Å². The number of H-pyrrole nitrogens is 1. The first-order valence-electron chi connectivity index (χ1n) is 7.22. The number of piperazine rings is 1. The maximum Gasteiger partial charge on any atom is 0.332 e. The Morgan fingerprint density at radius 3 is 2.45 bits per heavy atom. The van der Waals surface area contributed by atoms with Gasteiger partial charge in [0.1, 0.15) is 0 Å². The van der Waals surface area contributed by atoms with Crippen LogP contribution in [-0.2, 0) is 14.1 Å². The van der Waals surface area contributed by atoms with Crippen molar-refractivity contribution in [3.05, 3.63) is 20.8 Å². The summed E-state index contributed by atoms with van der Waals surface area (Å²) in [7, 11) is 3.09. The summed E-state index contributed by atoms with van der Waals surface area (Å²) >= 11 is 5.76. The van der Waals surface area contributed by atoms with Gasteiger partial charge in [-0.15, -0.1) is 11.6 Å². The highest BCUT2D eigenvalue weighted by Crippen LogP contribution is 2.15. The van der Waals surface area contributed by atoms with E-state index < -0.39 is 0 Å². The molecule has 0 amide bonds. The van der Waals surface area contributed by atoms with Crippen molar-refractivity contribution in [3.63, 3.8) is 0 Å². The first kappa shape index (κ1) is 15.1. The van der Waals surface area contributed by atoms with E-state index in [0.717, 1.165) is 37.3 Å². The first-order valence-corrected chi connectivity index (χ1v) is 7.75. The Kier molecular flexibility index (Phi) is 3.96. The molecule has 0 radical (unpaired) electrons. The molecule has 0 atom stereocenters. The van der Waals surface area contributed by atoms with Gasteiger partial charge in [0, 0.05) is 52.7 Å². The van der Waals surface area contributed by atoms with E-state index in [-0.39, 0.29) is 11.2 Å². The van der Waals surface area contributed by atoms with Gasteiger partial charge in [0.15, 0.2) is 11.2 Å². The maximum absolute atomic E-state index is 12.2. The second-order valence-electron chi connectivity index (χ2n) is 5.48. The average Bonchev–Trinajstić information content (AvgIpc) is 2.97. The summed E-state index contributed by atoms with van der Waals surface area (Å²) in [5, 5.41) is 0. The summed E-state index contributed by atoms with van der Waals surface area (Å²) in [6.07, 6.45) is 0. The van der Waals surface area contributed by atoms with Crippen molar-refractivity contribution in [3.8, 4) is 0 Å². The second-order valence-corrected chi connectivity index (χ2v) is 5.86. The Hall–Kier alpha value is -1.80. The topological polar surface area (TPSA) is 79.2 Å². The van der Waals surface area contributed by atoms with Crippen molar-refractivity contribution in [1.29, 1.82) is 0 Å². The first-order chi connectivity index (χ1) is 10.5. The third-order valence-corrected chi connectivity index (χ3v) is 4.32. The monoisotopic (exact) mass is 326 g/mol. The standard InChI is InChI=1S/C13H19ClN6O2/c1-17-10-9(11(21)18(2)13(17)22)15-12(16-10)20-7-5-19(4-3-14)6-8-20/h3-8H2,1-2H3,(H,15,16). The molecule has 9 heteroatoms. The summed E-state index contributed by atoms with van der Waals surface area (Å²) < 4.78 is 2.48. The van der Waals surface area contributed by atoms with Gasteiger partial charge in [0.25, 0.3) is 5.56 Å². The molecule has 3 rings (SSSR count). The van der Waals surface area contributed by atoms with Gasteiger partial charge in [-0.2, -0.15) is 4.98 Å². The van der Waals surface area contributed by atoms with Crippen LogP contribution in [0.3, 0.4) is 0 Å². The molecule has 2 aromatic rings. The van der Waals surface area contributed by atoms with E-state index in [9.17, 15) is 9.59 Å². The summed E-state index contributed by atoms with van der Waals surface area (Å²) in [6.45, 7) is 4.31. The Bertz CT molecular complexity index is 799. The lowest BCUT2D eigenvalue weighted by atomic mass is 10.3. The van der Waals surface area contributed by atoms with E-state index in [1.807, 2.05) is 0 Å². The average molecular weight is 327 g/mol. The van der Waals surface area contributed by atoms with Crippen LogP contribution in [0, 0.1) is 0 Å². The minimum atomic E-state index is -0.373. The molecule has 0 unspecified atom stereocenters. The predicted molar refractivity (Wildman–Crippen MR) is 85.9 cm³/mol. The molecule has 0 saturated carbocycles. The number of halogens is 1. The minimum absolute atomic E-state index is 0.349. The maximum atomic E-state index is 12.2. The van der Waals surface area contributed by atoms with Gasteiger partial charge in [-0.1, -0.05) is 0 Å². The molecule has 120 valence electrons. The molecule has 3 heterocycles. The fraction of sp³-hybridized carbons (Fsp3) is 0.615. The van der Waals surface area contributed by atoms with E-state index in [1.54, 1.807) is 7.05 Å². The van der Waals surface area contributed by atoms with Gasteiger partial charge < -0.3 is 9.88 Å². The molecule has 2 aromatic heterocycles. The van der Waals surface area contributed by atoms with Crippen LogP contribution >= 0.6 is 11.6 Å². The molecular weight excluding hydrogens is 308 g/mol. The number of nitrogens with zero attached hydrogens (tertiary/aromatic N) is 5. The lowest BCUT2D eigenvalue weighted by molar-refractivity contribution is 0.271. The highest BCUT2D eigenvalue weighted by Gasteiger charge is 2.21. The van der Waals surface area contributed by atoms with Crippen molar-refractivity contribution < 1.29 is 0 Å². The Morgan fingerprint density at radius 2 is 1.82 bits per heavy atom. The summed E-state index contributed by atoms with van der Waals surface area (Å²) in [4.78, 5) is 36.0. The van der Waals surface area contributed by atoms with Crippen LogP contribution in [0.4, 0.5) is 5.95 Å². The van der Waals surface area contributed by atoms with Crippen molar-refractivity contribution in [2.24, 2.45) is 14.1 Å². The normalized spacial score (nSPS) is 16.6. The predicted octanol–water partition coefficient (Wildman–Crippen LogP) is -0.679. The number of aryl methyl sites for hydroxylation is 1. The molecule has 0 bridgehead atoms. The van der Waals surface area contributed by atoms with Gasteiger partial charge >= 0.3 is 5.69 Å². The molecule has 1 fully saturated rings. The van der Waals surface area contributed by atoms with Gasteiger partial charge in [-0.25, -0.2) is 4.79 Å². The van der Waals surface area contributed by atoms with Crippen LogP contribution in [0.5, 0.6) is 0 Å². The smallest absolute Gasteiger partial charge is 0.332 e. The van der Waals surface area contributed by atoms with Gasteiger partial charge in [-0.05, 0) is 0 Å². The highest BCUT2D eigenvalue weighted by molar-refractivity contribution is 6.18. The zero-order valence-corrected chi connectivity index (χ0v) is 13.4. The van der Waals surface area contributed by atoms with Gasteiger partial charge in [0.05, 0.1) is 0 Å². The SMILES string of the molecule is Cn1c(=O)c2[nH]c(N3CCN(CCCl)CC3)nc2n(C)c1=O. The van der Waals surface area contributed by atoms with Crippen LogP contribution in [-0.4, -0.2) is 62.6 Å². The van der Waals surface area contributed by atoms with Crippen molar-refractivity contribution in [2.75, 3.05) is 43.5 Å². The third kappa shape index (κ3) is 2.42. The number of aromatic amines is 1. The van der Waals surface area contributed by atoms with Crippen LogP contribution in [0.1, 0.15) is 0 Å². The molecule has 1 aliphatic heterocycles. The highest BCUT2D eigenvalue weighted by atomic mass is 35.5. The molecular formula is C13H19ClN6O2. The fourth-order valence-corrected chi connectivity index (χ4v) is 3.01. The Balaban J connectivity index is 1.94. The van der Waals surface area contributed by atoms with Crippen LogP contribution in [0.15, 0.2) is 9.59 Å². The van der Waals surface area contributed by atoms with E-state index >= 15 is 0 Å². The summed E-state index contributed by atoms with van der Waals surface area (Å²) in [5.74, 6) is 1.27. The third-order valence-electron chi connectivity index (χ3n) is 4.15.